The summed E-state index contributed by atoms with van der Waals surface area (Å²) in [4.78, 5) is 8.72. The Morgan fingerprint density at radius 1 is 1.08 bits per heavy atom. The second kappa shape index (κ2) is 6.31. The molecule has 2 aromatic heterocycles. The van der Waals surface area contributed by atoms with E-state index in [1.54, 1.807) is 36.1 Å². The molecule has 6 heteroatoms. The Morgan fingerprint density at radius 3 is 2.54 bits per heavy atom. The van der Waals surface area contributed by atoms with E-state index in [4.69, 9.17) is 0 Å². The van der Waals surface area contributed by atoms with E-state index in [1.165, 1.54) is 6.07 Å². The van der Waals surface area contributed by atoms with Gasteiger partial charge in [-0.3, -0.25) is 0 Å². The first-order valence-corrected chi connectivity index (χ1v) is 8.29. The van der Waals surface area contributed by atoms with Crippen molar-refractivity contribution in [3.05, 3.63) is 71.9 Å². The van der Waals surface area contributed by atoms with Crippen LogP contribution in [-0.2, 0) is 0 Å². The number of aliphatic hydroxyl groups is 1. The smallest absolute Gasteiger partial charge is 0.251 e. The number of aliphatic hydroxyl groups excluding tert-OH is 1. The zero-order chi connectivity index (χ0) is 18.3. The van der Waals surface area contributed by atoms with E-state index in [0.717, 1.165) is 16.5 Å². The van der Waals surface area contributed by atoms with Crippen LogP contribution < -0.4 is 0 Å². The van der Waals surface area contributed by atoms with Crippen LogP contribution in [0.4, 0.5) is 4.39 Å². The first-order valence-electron chi connectivity index (χ1n) is 8.29. The Balaban J connectivity index is 1.81. The predicted molar refractivity (Wildman–Crippen MR) is 97.4 cm³/mol. The summed E-state index contributed by atoms with van der Waals surface area (Å²) in [6, 6.07) is 12.5. The molecule has 5 nitrogen and oxygen atoms in total. The minimum absolute atomic E-state index is 0.312. The topological polar surface area (TPSA) is 63.8 Å². The fourth-order valence-corrected chi connectivity index (χ4v) is 2.98. The Bertz CT molecular complexity index is 1090. The number of para-hydroxylation sites is 1. The number of nitrogens with zero attached hydrogens (tertiary/aromatic N) is 4. The zero-order valence-corrected chi connectivity index (χ0v) is 14.4. The SMILES string of the molecule is Cc1ccc(F)c(-c2cnc(-n3nc(C(C)O)c4ccccc43)nc2)c1. The monoisotopic (exact) mass is 348 g/mol. The van der Waals surface area contributed by atoms with Gasteiger partial charge >= 0.3 is 0 Å². The van der Waals surface area contributed by atoms with Crippen molar-refractivity contribution in [3.63, 3.8) is 0 Å². The van der Waals surface area contributed by atoms with Gasteiger partial charge in [0.2, 0.25) is 0 Å². The molecule has 0 amide bonds. The predicted octanol–water partition coefficient (Wildman–Crippen LogP) is 3.98. The summed E-state index contributed by atoms with van der Waals surface area (Å²) in [7, 11) is 0. The summed E-state index contributed by atoms with van der Waals surface area (Å²) in [6.07, 6.45) is 2.46. The molecule has 4 aromatic rings. The molecule has 0 fully saturated rings. The van der Waals surface area contributed by atoms with Crippen molar-refractivity contribution in [2.75, 3.05) is 0 Å². The normalized spacial score (nSPS) is 12.5. The lowest BCUT2D eigenvalue weighted by molar-refractivity contribution is 0.195. The van der Waals surface area contributed by atoms with Crippen LogP contribution in [0.1, 0.15) is 24.3 Å². The van der Waals surface area contributed by atoms with Gasteiger partial charge < -0.3 is 5.11 Å². The highest BCUT2D eigenvalue weighted by Crippen LogP contribution is 2.26. The fraction of sp³-hybridized carbons (Fsp3) is 0.150. The Morgan fingerprint density at radius 2 is 1.81 bits per heavy atom. The van der Waals surface area contributed by atoms with Crippen LogP contribution in [-0.4, -0.2) is 24.9 Å². The van der Waals surface area contributed by atoms with Crippen molar-refractivity contribution in [3.8, 4) is 17.1 Å². The van der Waals surface area contributed by atoms with E-state index in [1.807, 2.05) is 31.2 Å². The minimum Gasteiger partial charge on any atom is -0.387 e. The van der Waals surface area contributed by atoms with E-state index in [-0.39, 0.29) is 5.82 Å². The highest BCUT2D eigenvalue weighted by Gasteiger charge is 2.16. The van der Waals surface area contributed by atoms with Crippen molar-refractivity contribution in [2.24, 2.45) is 0 Å². The van der Waals surface area contributed by atoms with Crippen LogP contribution in [0.3, 0.4) is 0 Å². The van der Waals surface area contributed by atoms with Gasteiger partial charge in [0, 0.05) is 28.9 Å². The summed E-state index contributed by atoms with van der Waals surface area (Å²) in [5.74, 6) is 0.0535. The Hall–Kier alpha value is -3.12. The van der Waals surface area contributed by atoms with Crippen LogP contribution in [0.15, 0.2) is 54.9 Å². The van der Waals surface area contributed by atoms with E-state index >= 15 is 0 Å². The lowest BCUT2D eigenvalue weighted by Crippen LogP contribution is -2.04. The molecule has 0 aliphatic rings. The van der Waals surface area contributed by atoms with Crippen LogP contribution >= 0.6 is 0 Å². The average molecular weight is 348 g/mol. The minimum atomic E-state index is -0.707. The lowest BCUT2D eigenvalue weighted by atomic mass is 10.1. The molecule has 2 aromatic carbocycles. The Kier molecular flexibility index (Phi) is 3.97. The molecule has 0 aliphatic heterocycles. The summed E-state index contributed by atoms with van der Waals surface area (Å²) < 4.78 is 15.7. The van der Waals surface area contributed by atoms with Gasteiger partial charge in [-0.15, -0.1) is 0 Å². The molecule has 26 heavy (non-hydrogen) atoms. The third-order valence-corrected chi connectivity index (χ3v) is 4.27. The standard InChI is InChI=1S/C20H17FN4O/c1-12-7-8-17(21)16(9-12)14-10-22-20(23-11-14)25-18-6-4-3-5-15(18)19(24-25)13(2)26/h3-11,13,26H,1-2H3. The van der Waals surface area contributed by atoms with E-state index in [0.29, 0.717) is 22.8 Å². The van der Waals surface area contributed by atoms with Gasteiger partial charge in [0.05, 0.1) is 17.3 Å². The quantitative estimate of drug-likeness (QED) is 0.608. The van der Waals surface area contributed by atoms with E-state index in [2.05, 4.69) is 15.1 Å². The average Bonchev–Trinajstić information content (AvgIpc) is 3.04. The molecule has 0 saturated heterocycles. The Labute approximate surface area is 149 Å². The fourth-order valence-electron chi connectivity index (χ4n) is 2.98. The summed E-state index contributed by atoms with van der Waals surface area (Å²) in [5.41, 5.74) is 3.40. The second-order valence-corrected chi connectivity index (χ2v) is 6.25. The van der Waals surface area contributed by atoms with E-state index in [9.17, 15) is 9.50 Å². The van der Waals surface area contributed by atoms with Crippen LogP contribution in [0.2, 0.25) is 0 Å². The first kappa shape index (κ1) is 16.4. The van der Waals surface area contributed by atoms with Gasteiger partial charge in [0.25, 0.3) is 5.95 Å². The summed E-state index contributed by atoms with van der Waals surface area (Å²) >= 11 is 0. The zero-order valence-electron chi connectivity index (χ0n) is 14.4. The molecular weight excluding hydrogens is 331 g/mol. The lowest BCUT2D eigenvalue weighted by Gasteiger charge is -2.06. The van der Waals surface area contributed by atoms with Crippen LogP contribution in [0.5, 0.6) is 0 Å². The number of rotatable bonds is 3. The van der Waals surface area contributed by atoms with Crippen molar-refractivity contribution in [1.82, 2.24) is 19.7 Å². The largest absolute Gasteiger partial charge is 0.387 e. The van der Waals surface area contributed by atoms with Crippen molar-refractivity contribution in [2.45, 2.75) is 20.0 Å². The highest BCUT2D eigenvalue weighted by molar-refractivity contribution is 5.83. The van der Waals surface area contributed by atoms with Crippen LogP contribution in [0, 0.1) is 12.7 Å². The highest BCUT2D eigenvalue weighted by atomic mass is 19.1. The molecule has 0 spiro atoms. The number of benzene rings is 2. The molecule has 0 radical (unpaired) electrons. The number of hydrogen-bond acceptors (Lipinski definition) is 4. The molecule has 1 atom stereocenters. The molecule has 0 bridgehead atoms. The molecular formula is C20H17FN4O. The number of halogens is 1. The van der Waals surface area contributed by atoms with Gasteiger partial charge in [-0.2, -0.15) is 9.78 Å². The number of fused-ring (bicyclic) bond motifs is 1. The molecule has 0 saturated carbocycles. The van der Waals surface area contributed by atoms with Crippen molar-refractivity contribution < 1.29 is 9.50 Å². The maximum absolute atomic E-state index is 14.1. The van der Waals surface area contributed by atoms with Crippen molar-refractivity contribution in [1.29, 1.82) is 0 Å². The van der Waals surface area contributed by atoms with Crippen LogP contribution in [0.25, 0.3) is 28.0 Å². The molecule has 0 aliphatic carbocycles. The summed E-state index contributed by atoms with van der Waals surface area (Å²) in [5, 5.41) is 15.3. The van der Waals surface area contributed by atoms with Gasteiger partial charge in [0.15, 0.2) is 0 Å². The maximum atomic E-state index is 14.1. The van der Waals surface area contributed by atoms with E-state index < -0.39 is 6.10 Å². The van der Waals surface area contributed by atoms with Gasteiger partial charge in [-0.05, 0) is 32.0 Å². The number of aryl methyl sites for hydroxylation is 1. The van der Waals surface area contributed by atoms with Crippen molar-refractivity contribution >= 4 is 10.9 Å². The maximum Gasteiger partial charge on any atom is 0.251 e. The number of hydrogen-bond donors (Lipinski definition) is 1. The van der Waals surface area contributed by atoms with Gasteiger partial charge in [0.1, 0.15) is 5.82 Å². The third-order valence-electron chi connectivity index (χ3n) is 4.27. The van der Waals surface area contributed by atoms with Gasteiger partial charge in [-0.1, -0.05) is 29.8 Å². The molecule has 1 N–H and O–H groups in total. The molecule has 130 valence electrons. The molecule has 4 rings (SSSR count). The number of aromatic nitrogens is 4. The van der Waals surface area contributed by atoms with Gasteiger partial charge in [-0.25, -0.2) is 14.4 Å². The summed E-state index contributed by atoms with van der Waals surface area (Å²) in [6.45, 7) is 3.58. The molecule has 1 unspecified atom stereocenters. The molecule has 2 heterocycles. The third kappa shape index (κ3) is 2.74. The second-order valence-electron chi connectivity index (χ2n) is 6.25. The first-order chi connectivity index (χ1) is 12.5.